The Morgan fingerprint density at radius 2 is 0.521 bits per heavy atom. The van der Waals surface area contributed by atoms with E-state index >= 15 is 0 Å². The molecule has 548 valence electrons. The van der Waals surface area contributed by atoms with Crippen molar-refractivity contribution in [1.82, 2.24) is 78.0 Å². The van der Waals surface area contributed by atoms with Crippen LogP contribution < -0.4 is 0 Å². The maximum absolute atomic E-state index is 5.22. The lowest BCUT2D eigenvalue weighted by atomic mass is 9.95. The molecule has 16 aromatic heterocycles. The molecule has 7 aromatic carbocycles. The smallest absolute Gasteiger partial charge is 0.165 e. The van der Waals surface area contributed by atoms with Gasteiger partial charge in [-0.3, -0.25) is 33.1 Å². The summed E-state index contributed by atoms with van der Waals surface area (Å²) in [4.78, 5) is 62.1. The minimum Gasteiger partial charge on any atom is -0.284 e. The number of fused-ring (bicyclic) bond motifs is 15. The third kappa shape index (κ3) is 13.1. The standard InChI is InChI=1S/C41H26N6.2C30H19N5/c1-2-12-35-34(11-1)39(46-41-40(35)45-38-13-3-4-22-47(38)41)32-10-6-8-30(24-32)29-7-5-9-31(23-29)33-25-36(27-14-18-42-19-15-27)44-37(26-33)28-16-20-43-21-17-28;1-2-12-23-22(11-1)28(34-30-29(23)33-27-16-4-6-18-35(27)30)21-10-7-9-20(19-21)24-14-8-15-26(32-24)25-13-3-5-17-31-25;1-2-12-24-23(11-1)28(34-30-29(24)33-27-15-3-4-17-35(27)30)21-9-5-8-20(18-21)25-13-6-14-26(32-25)22-10-7-16-31-19-22/h1-26H;2*1-19H. The minimum absolute atomic E-state index is 0.851. The molecule has 0 atom stereocenters. The summed E-state index contributed by atoms with van der Waals surface area (Å²) in [5.41, 5.74) is 29.7. The number of rotatable bonds is 11. The molecule has 16 nitrogen and oxygen atoms in total. The molecule has 0 radical (unpaired) electrons. The van der Waals surface area contributed by atoms with Crippen LogP contribution in [0.3, 0.4) is 0 Å². The van der Waals surface area contributed by atoms with E-state index in [0.717, 1.165) is 206 Å². The van der Waals surface area contributed by atoms with Gasteiger partial charge in [0.15, 0.2) is 16.9 Å². The highest BCUT2D eigenvalue weighted by Crippen LogP contribution is 2.40. The second-order valence-electron chi connectivity index (χ2n) is 28.4. The van der Waals surface area contributed by atoms with E-state index in [-0.39, 0.29) is 0 Å². The number of aromatic nitrogens is 16. The van der Waals surface area contributed by atoms with E-state index in [0.29, 0.717) is 0 Å². The summed E-state index contributed by atoms with van der Waals surface area (Å²) in [7, 11) is 0. The van der Waals surface area contributed by atoms with Crippen LogP contribution in [0.5, 0.6) is 0 Å². The lowest BCUT2D eigenvalue weighted by Gasteiger charge is -2.12. The van der Waals surface area contributed by atoms with Crippen LogP contribution in [-0.2, 0) is 0 Å². The van der Waals surface area contributed by atoms with Crippen molar-refractivity contribution < 1.29 is 0 Å². The maximum Gasteiger partial charge on any atom is 0.165 e. The molecular weight excluding hydrogens is 1440 g/mol. The van der Waals surface area contributed by atoms with Gasteiger partial charge in [-0.05, 0) is 168 Å². The molecular formula is C101H64N16. The number of nitrogens with zero attached hydrogens (tertiary/aromatic N) is 16. The second kappa shape index (κ2) is 29.7. The van der Waals surface area contributed by atoms with Crippen LogP contribution in [0.1, 0.15) is 0 Å². The molecule has 23 aromatic rings. The minimum atomic E-state index is 0.851. The number of imidazole rings is 3. The van der Waals surface area contributed by atoms with Gasteiger partial charge in [0.1, 0.15) is 33.5 Å². The van der Waals surface area contributed by atoms with E-state index in [2.05, 4.69) is 206 Å². The van der Waals surface area contributed by atoms with Crippen molar-refractivity contribution in [3.63, 3.8) is 0 Å². The monoisotopic (exact) mass is 1500 g/mol. The first-order valence-corrected chi connectivity index (χ1v) is 38.5. The average molecular weight is 1500 g/mol. The van der Waals surface area contributed by atoms with E-state index in [4.69, 9.17) is 44.9 Å². The lowest BCUT2D eigenvalue weighted by molar-refractivity contribution is 1.19. The Morgan fingerprint density at radius 3 is 0.957 bits per heavy atom. The fraction of sp³-hybridized carbons (Fsp3) is 0. The molecule has 0 aliphatic carbocycles. The molecule has 16 heteroatoms. The topological polar surface area (TPSA) is 181 Å². The van der Waals surface area contributed by atoms with Crippen LogP contribution >= 0.6 is 0 Å². The van der Waals surface area contributed by atoms with Crippen molar-refractivity contribution in [3.05, 3.63) is 390 Å². The maximum atomic E-state index is 5.22. The van der Waals surface area contributed by atoms with Gasteiger partial charge in [0, 0.05) is 139 Å². The SMILES string of the molecule is c1cc(-c2cccc(-c3nc4c(nc5ccccn54)c4ccccc34)c2)cc(-c2cc(-c3ccncc3)nc(-c3ccncc3)c2)c1.c1ccc(-c2cccc(-c3cccc(-c4nc5c(nc6ccccn65)c5ccccc45)c3)n2)nc1.c1cncc(-c2cccc(-c3cccc(-c4nc5c(nc6ccccn65)c5ccccc45)c3)n2)c1. The number of pyridine rings is 13. The Bertz CT molecular complexity index is 7390. The van der Waals surface area contributed by atoms with E-state index in [1.807, 2.05) is 179 Å². The predicted octanol–water partition coefficient (Wildman–Crippen LogP) is 23.2. The van der Waals surface area contributed by atoms with Gasteiger partial charge in [-0.2, -0.15) is 0 Å². The summed E-state index contributed by atoms with van der Waals surface area (Å²) in [6.45, 7) is 0. The van der Waals surface area contributed by atoms with Crippen molar-refractivity contribution in [1.29, 1.82) is 0 Å². The third-order valence-corrected chi connectivity index (χ3v) is 21.2. The van der Waals surface area contributed by atoms with Crippen molar-refractivity contribution in [2.75, 3.05) is 0 Å². The summed E-state index contributed by atoms with van der Waals surface area (Å²) in [6, 6.07) is 112. The molecule has 117 heavy (non-hydrogen) atoms. The van der Waals surface area contributed by atoms with Gasteiger partial charge in [-0.15, -0.1) is 0 Å². The van der Waals surface area contributed by atoms with Gasteiger partial charge in [0.2, 0.25) is 0 Å². The summed E-state index contributed by atoms with van der Waals surface area (Å²) in [5.74, 6) is 0. The highest BCUT2D eigenvalue weighted by atomic mass is 15.1. The highest BCUT2D eigenvalue weighted by molar-refractivity contribution is 6.12. The molecule has 0 N–H and O–H groups in total. The quantitative estimate of drug-likeness (QED) is 0.119. The van der Waals surface area contributed by atoms with E-state index in [9.17, 15) is 0 Å². The zero-order valence-corrected chi connectivity index (χ0v) is 62.6. The van der Waals surface area contributed by atoms with Crippen molar-refractivity contribution in [2.45, 2.75) is 0 Å². The molecule has 0 fully saturated rings. The van der Waals surface area contributed by atoms with Gasteiger partial charge in [0.25, 0.3) is 0 Å². The summed E-state index contributed by atoms with van der Waals surface area (Å²) >= 11 is 0. The molecule has 16 heterocycles. The summed E-state index contributed by atoms with van der Waals surface area (Å²) < 4.78 is 6.16. The normalized spacial score (nSPS) is 11.4. The first-order chi connectivity index (χ1) is 58.0. The van der Waals surface area contributed by atoms with Crippen LogP contribution in [-0.4, -0.2) is 78.0 Å². The molecule has 23 rings (SSSR count). The number of benzene rings is 7. The average Bonchev–Trinajstić information content (AvgIpc) is 1.66. The van der Waals surface area contributed by atoms with Gasteiger partial charge >= 0.3 is 0 Å². The first kappa shape index (κ1) is 68.7. The van der Waals surface area contributed by atoms with Gasteiger partial charge < -0.3 is 0 Å². The second-order valence-corrected chi connectivity index (χ2v) is 28.4. The van der Waals surface area contributed by atoms with Gasteiger partial charge in [-0.25, -0.2) is 44.9 Å². The fourth-order valence-corrected chi connectivity index (χ4v) is 15.6. The molecule has 0 aliphatic heterocycles. The Hall–Kier alpha value is -16.3. The number of hydrogen-bond acceptors (Lipinski definition) is 13. The van der Waals surface area contributed by atoms with Crippen LogP contribution in [0, 0.1) is 0 Å². The molecule has 0 saturated heterocycles. The zero-order valence-electron chi connectivity index (χ0n) is 62.6. The third-order valence-electron chi connectivity index (χ3n) is 21.2. The van der Waals surface area contributed by atoms with Crippen LogP contribution in [0.4, 0.5) is 0 Å². The Labute approximate surface area is 669 Å². The van der Waals surface area contributed by atoms with Crippen LogP contribution in [0.15, 0.2) is 390 Å². The number of hydrogen-bond donors (Lipinski definition) is 0. The summed E-state index contributed by atoms with van der Waals surface area (Å²) in [5, 5.41) is 6.53. The molecule has 0 bridgehead atoms. The molecule has 0 unspecified atom stereocenters. The van der Waals surface area contributed by atoms with Crippen LogP contribution in [0.25, 0.3) is 206 Å². The molecule has 0 aliphatic rings. The molecule has 0 amide bonds. The van der Waals surface area contributed by atoms with Gasteiger partial charge in [-0.1, -0.05) is 182 Å². The predicted molar refractivity (Wildman–Crippen MR) is 468 cm³/mol. The Morgan fingerprint density at radius 1 is 0.179 bits per heavy atom. The van der Waals surface area contributed by atoms with Crippen LogP contribution in [0.2, 0.25) is 0 Å². The van der Waals surface area contributed by atoms with Crippen molar-refractivity contribution >= 4 is 82.8 Å². The zero-order chi connectivity index (χ0) is 77.5. The Kier molecular flexibility index (Phi) is 17.5. The molecule has 0 saturated carbocycles. The fourth-order valence-electron chi connectivity index (χ4n) is 15.6. The first-order valence-electron chi connectivity index (χ1n) is 38.5. The lowest BCUT2D eigenvalue weighted by Crippen LogP contribution is -1.93. The largest absolute Gasteiger partial charge is 0.284 e. The van der Waals surface area contributed by atoms with E-state index < -0.39 is 0 Å². The van der Waals surface area contributed by atoms with Crippen molar-refractivity contribution in [3.8, 4) is 124 Å². The van der Waals surface area contributed by atoms with Crippen molar-refractivity contribution in [2.24, 2.45) is 0 Å². The Balaban J connectivity index is 0.000000111. The highest BCUT2D eigenvalue weighted by Gasteiger charge is 2.21. The van der Waals surface area contributed by atoms with Gasteiger partial charge in [0.05, 0.1) is 56.9 Å². The molecule has 0 spiro atoms. The summed E-state index contributed by atoms with van der Waals surface area (Å²) in [6.07, 6.45) is 18.7. The van der Waals surface area contributed by atoms with E-state index in [1.54, 1.807) is 37.2 Å². The van der Waals surface area contributed by atoms with E-state index in [1.165, 1.54) is 0 Å².